The minimum Gasteiger partial charge on any atom is -0.457 e. The maximum Gasteiger partial charge on any atom is 0.371 e. The van der Waals surface area contributed by atoms with Crippen LogP contribution in [0.4, 0.5) is 0 Å². The van der Waals surface area contributed by atoms with Gasteiger partial charge in [0.15, 0.2) is 0 Å². The second kappa shape index (κ2) is 8.20. The lowest BCUT2D eigenvalue weighted by atomic mass is 10.5. The Morgan fingerprint density at radius 3 is 1.75 bits per heavy atom. The number of hydrogen-bond donors (Lipinski definition) is 1. The van der Waals surface area contributed by atoms with Gasteiger partial charge in [-0.05, 0) is 27.7 Å². The third kappa shape index (κ3) is 23.0. The molecule has 0 unspecified atom stereocenters. The molecule has 4 heteroatoms. The summed E-state index contributed by atoms with van der Waals surface area (Å²) in [5.41, 5.74) is 0. The minimum absolute atomic E-state index is 0.153. The molecule has 0 atom stereocenters. The molecule has 0 aromatic rings. The average Bonchev–Trinajstić information content (AvgIpc) is 1.84. The maximum absolute atomic E-state index is 10.0. The Kier molecular flexibility index (Phi) is 9.34. The summed E-state index contributed by atoms with van der Waals surface area (Å²) in [5, 5.41) is 8.06. The first-order chi connectivity index (χ1) is 5.40. The lowest BCUT2D eigenvalue weighted by Crippen LogP contribution is -2.11. The van der Waals surface area contributed by atoms with Crippen molar-refractivity contribution in [2.75, 3.05) is 0 Å². The number of ether oxygens (including phenoxy) is 1. The molecule has 0 fully saturated rings. The van der Waals surface area contributed by atoms with Crippen LogP contribution in [0.5, 0.6) is 0 Å². The molecular weight excluding hydrogens is 160 g/mol. The molecule has 0 aliphatic rings. The summed E-state index contributed by atoms with van der Waals surface area (Å²) >= 11 is 0. The number of carbonyl (C=O) groups excluding carboxylic acids is 2. The van der Waals surface area contributed by atoms with Crippen molar-refractivity contribution in [3.8, 4) is 0 Å². The van der Waals surface area contributed by atoms with E-state index in [9.17, 15) is 9.59 Å². The van der Waals surface area contributed by atoms with Crippen molar-refractivity contribution in [1.82, 2.24) is 0 Å². The van der Waals surface area contributed by atoms with E-state index < -0.39 is 5.97 Å². The molecule has 72 valence electrons. The van der Waals surface area contributed by atoms with E-state index >= 15 is 0 Å². The fourth-order valence-corrected chi connectivity index (χ4v) is 0.260. The zero-order valence-electron chi connectivity index (χ0n) is 7.90. The topological polar surface area (TPSA) is 63.6 Å². The Morgan fingerprint density at radius 2 is 1.67 bits per heavy atom. The molecule has 0 aromatic carbocycles. The third-order valence-electron chi connectivity index (χ3n) is 0.448. The molecule has 0 aromatic heterocycles. The van der Waals surface area contributed by atoms with Gasteiger partial charge in [-0.3, -0.25) is 4.79 Å². The standard InChI is InChI=1S/C5H8O3.C3H8O/c1-4(2)8-5(7)3-6;1-3(2)4/h3-4H,1-2H3;3-4H,1-2H3. The van der Waals surface area contributed by atoms with E-state index in [1.165, 1.54) is 0 Å². The van der Waals surface area contributed by atoms with Gasteiger partial charge < -0.3 is 9.84 Å². The van der Waals surface area contributed by atoms with Crippen LogP contribution in [-0.4, -0.2) is 29.6 Å². The Bertz CT molecular complexity index is 126. The van der Waals surface area contributed by atoms with E-state index in [0.717, 1.165) is 0 Å². The van der Waals surface area contributed by atoms with Gasteiger partial charge in [0, 0.05) is 6.10 Å². The summed E-state index contributed by atoms with van der Waals surface area (Å²) in [6.45, 7) is 6.81. The van der Waals surface area contributed by atoms with Crippen LogP contribution < -0.4 is 0 Å². The smallest absolute Gasteiger partial charge is 0.371 e. The van der Waals surface area contributed by atoms with Crippen LogP contribution in [0.1, 0.15) is 27.7 Å². The SMILES string of the molecule is CC(C)O.CC(C)OC(=O)C=O. The lowest BCUT2D eigenvalue weighted by molar-refractivity contribution is -0.151. The van der Waals surface area contributed by atoms with Gasteiger partial charge in [0.2, 0.25) is 6.29 Å². The first kappa shape index (κ1) is 13.7. The molecule has 0 aliphatic carbocycles. The largest absolute Gasteiger partial charge is 0.457 e. The number of carbonyl (C=O) groups is 2. The number of hydrogen-bond acceptors (Lipinski definition) is 4. The number of aliphatic hydroxyl groups is 1. The molecular formula is C8H16O4. The zero-order valence-corrected chi connectivity index (χ0v) is 7.90. The van der Waals surface area contributed by atoms with Gasteiger partial charge in [-0.2, -0.15) is 0 Å². The fraction of sp³-hybridized carbons (Fsp3) is 0.750. The number of rotatable bonds is 2. The van der Waals surface area contributed by atoms with E-state index in [1.54, 1.807) is 27.7 Å². The van der Waals surface area contributed by atoms with Crippen LogP contribution >= 0.6 is 0 Å². The Hall–Kier alpha value is -0.900. The van der Waals surface area contributed by atoms with Crippen molar-refractivity contribution in [2.45, 2.75) is 39.9 Å². The molecule has 0 saturated carbocycles. The third-order valence-corrected chi connectivity index (χ3v) is 0.448. The monoisotopic (exact) mass is 176 g/mol. The first-order valence-corrected chi connectivity index (χ1v) is 3.74. The zero-order chi connectivity index (χ0) is 10.1. The van der Waals surface area contributed by atoms with Gasteiger partial charge >= 0.3 is 5.97 Å². The van der Waals surface area contributed by atoms with Crippen molar-refractivity contribution < 1.29 is 19.4 Å². The quantitative estimate of drug-likeness (QED) is 0.378. The highest BCUT2D eigenvalue weighted by Gasteiger charge is 1.99. The predicted octanol–water partition coefficient (Wildman–Crippen LogP) is 0.524. The van der Waals surface area contributed by atoms with Crippen molar-refractivity contribution in [1.29, 1.82) is 0 Å². The first-order valence-electron chi connectivity index (χ1n) is 3.74. The van der Waals surface area contributed by atoms with E-state index in [4.69, 9.17) is 5.11 Å². The summed E-state index contributed by atoms with van der Waals surface area (Å²) in [6.07, 6.45) is -0.215. The van der Waals surface area contributed by atoms with Crippen LogP contribution in [0, 0.1) is 0 Å². The lowest BCUT2D eigenvalue weighted by Gasteiger charge is -2.01. The van der Waals surface area contributed by atoms with Gasteiger partial charge in [-0.1, -0.05) is 0 Å². The van der Waals surface area contributed by atoms with E-state index in [1.807, 2.05) is 0 Å². The van der Waals surface area contributed by atoms with Crippen LogP contribution in [-0.2, 0) is 14.3 Å². The molecule has 0 spiro atoms. The molecule has 0 rings (SSSR count). The van der Waals surface area contributed by atoms with Crippen molar-refractivity contribution in [3.05, 3.63) is 0 Å². The second-order valence-electron chi connectivity index (χ2n) is 2.70. The number of esters is 1. The number of aliphatic hydroxyl groups excluding tert-OH is 1. The van der Waals surface area contributed by atoms with Crippen LogP contribution in [0.15, 0.2) is 0 Å². The van der Waals surface area contributed by atoms with E-state index in [2.05, 4.69) is 4.74 Å². The molecule has 4 nitrogen and oxygen atoms in total. The van der Waals surface area contributed by atoms with Crippen molar-refractivity contribution in [3.63, 3.8) is 0 Å². The summed E-state index contributed by atoms with van der Waals surface area (Å²) in [7, 11) is 0. The van der Waals surface area contributed by atoms with Gasteiger partial charge in [-0.25, -0.2) is 4.79 Å². The molecule has 0 radical (unpaired) electrons. The normalized spacial score (nSPS) is 8.92. The highest BCUT2D eigenvalue weighted by Crippen LogP contribution is 1.84. The average molecular weight is 176 g/mol. The Labute approximate surface area is 72.5 Å². The number of aldehydes is 1. The van der Waals surface area contributed by atoms with Crippen molar-refractivity contribution in [2.24, 2.45) is 0 Å². The van der Waals surface area contributed by atoms with Gasteiger partial charge in [0.05, 0.1) is 6.10 Å². The summed E-state index contributed by atoms with van der Waals surface area (Å²) < 4.78 is 4.39. The second-order valence-corrected chi connectivity index (χ2v) is 2.70. The van der Waals surface area contributed by atoms with Gasteiger partial charge in [-0.15, -0.1) is 0 Å². The molecule has 0 saturated heterocycles. The van der Waals surface area contributed by atoms with Gasteiger partial charge in [0.1, 0.15) is 0 Å². The minimum atomic E-state index is -0.806. The van der Waals surface area contributed by atoms with Crippen LogP contribution in [0.3, 0.4) is 0 Å². The summed E-state index contributed by atoms with van der Waals surface area (Å²) in [6, 6.07) is 0. The Morgan fingerprint density at radius 1 is 1.33 bits per heavy atom. The molecule has 0 amide bonds. The molecule has 0 bridgehead atoms. The van der Waals surface area contributed by atoms with E-state index in [-0.39, 0.29) is 18.5 Å². The summed E-state index contributed by atoms with van der Waals surface area (Å²) in [4.78, 5) is 19.6. The predicted molar refractivity (Wildman–Crippen MR) is 44.6 cm³/mol. The molecule has 1 N–H and O–H groups in total. The fourth-order valence-electron chi connectivity index (χ4n) is 0.260. The molecule has 0 heterocycles. The van der Waals surface area contributed by atoms with E-state index in [0.29, 0.717) is 0 Å². The molecule has 0 aliphatic heterocycles. The molecule has 12 heavy (non-hydrogen) atoms. The highest BCUT2D eigenvalue weighted by molar-refractivity contribution is 6.20. The van der Waals surface area contributed by atoms with Crippen LogP contribution in [0.25, 0.3) is 0 Å². The summed E-state index contributed by atoms with van der Waals surface area (Å²) in [5.74, 6) is -0.806. The highest BCUT2D eigenvalue weighted by atomic mass is 16.5. The van der Waals surface area contributed by atoms with Crippen molar-refractivity contribution >= 4 is 12.3 Å². The maximum atomic E-state index is 10.0. The Balaban J connectivity index is 0. The van der Waals surface area contributed by atoms with Crippen LogP contribution in [0.2, 0.25) is 0 Å². The van der Waals surface area contributed by atoms with Gasteiger partial charge in [0.25, 0.3) is 0 Å².